The second-order valence-electron chi connectivity index (χ2n) is 4.36. The van der Waals surface area contributed by atoms with Gasteiger partial charge in [0.25, 0.3) is 0 Å². The molecule has 4 nitrogen and oxygen atoms in total. The predicted octanol–water partition coefficient (Wildman–Crippen LogP) is 3.14. The predicted molar refractivity (Wildman–Crippen MR) is 73.2 cm³/mol. The van der Waals surface area contributed by atoms with Crippen LogP contribution >= 0.6 is 11.6 Å². The monoisotopic (exact) mass is 275 g/mol. The molecule has 0 amide bonds. The van der Waals surface area contributed by atoms with Gasteiger partial charge in [0.1, 0.15) is 17.5 Å². The Labute approximate surface area is 117 Å². The fourth-order valence-corrected chi connectivity index (χ4v) is 2.04. The molecule has 0 aliphatic rings. The van der Waals surface area contributed by atoms with Crippen molar-refractivity contribution in [2.75, 3.05) is 0 Å². The molecule has 0 spiro atoms. The van der Waals surface area contributed by atoms with Crippen molar-refractivity contribution in [1.82, 2.24) is 9.78 Å². The number of benzene rings is 1. The van der Waals surface area contributed by atoms with E-state index in [1.807, 2.05) is 19.9 Å². The SMILES string of the molecule is Cc1ccc(C#N)cc1OCc1c(C)nn(C)c1Cl. The summed E-state index contributed by atoms with van der Waals surface area (Å²) in [7, 11) is 1.79. The van der Waals surface area contributed by atoms with Crippen LogP contribution in [-0.4, -0.2) is 9.78 Å². The first-order valence-corrected chi connectivity index (χ1v) is 6.22. The number of aryl methyl sites for hydroxylation is 3. The standard InChI is InChI=1S/C14H14ClN3O/c1-9-4-5-11(7-16)6-13(9)19-8-12-10(2)17-18(3)14(12)15/h4-6H,8H2,1-3H3. The Morgan fingerprint density at radius 2 is 2.16 bits per heavy atom. The van der Waals surface area contributed by atoms with Crippen molar-refractivity contribution in [2.24, 2.45) is 7.05 Å². The summed E-state index contributed by atoms with van der Waals surface area (Å²) in [5.74, 6) is 0.693. The highest BCUT2D eigenvalue weighted by atomic mass is 35.5. The lowest BCUT2D eigenvalue weighted by Gasteiger charge is -2.09. The van der Waals surface area contributed by atoms with Crippen molar-refractivity contribution in [1.29, 1.82) is 5.26 Å². The van der Waals surface area contributed by atoms with Crippen LogP contribution < -0.4 is 4.74 Å². The molecule has 98 valence electrons. The van der Waals surface area contributed by atoms with Gasteiger partial charge < -0.3 is 4.74 Å². The van der Waals surface area contributed by atoms with Gasteiger partial charge >= 0.3 is 0 Å². The largest absolute Gasteiger partial charge is 0.488 e. The second-order valence-corrected chi connectivity index (χ2v) is 4.72. The van der Waals surface area contributed by atoms with E-state index in [-0.39, 0.29) is 0 Å². The third-order valence-corrected chi connectivity index (χ3v) is 3.43. The van der Waals surface area contributed by atoms with Crippen LogP contribution in [0.1, 0.15) is 22.4 Å². The topological polar surface area (TPSA) is 50.8 Å². The van der Waals surface area contributed by atoms with Gasteiger partial charge in [-0.05, 0) is 31.5 Å². The molecule has 0 bridgehead atoms. The molecular weight excluding hydrogens is 262 g/mol. The van der Waals surface area contributed by atoms with E-state index in [2.05, 4.69) is 11.2 Å². The second kappa shape index (κ2) is 5.33. The van der Waals surface area contributed by atoms with Crippen LogP contribution in [0.4, 0.5) is 0 Å². The van der Waals surface area contributed by atoms with Crippen LogP contribution in [0.2, 0.25) is 5.15 Å². The maximum atomic E-state index is 8.89. The van der Waals surface area contributed by atoms with Crippen molar-refractivity contribution in [2.45, 2.75) is 20.5 Å². The summed E-state index contributed by atoms with van der Waals surface area (Å²) in [6.45, 7) is 4.17. The first-order valence-electron chi connectivity index (χ1n) is 5.84. The molecule has 0 saturated carbocycles. The molecular formula is C14H14ClN3O. The maximum Gasteiger partial charge on any atom is 0.133 e. The van der Waals surface area contributed by atoms with Crippen molar-refractivity contribution in [3.05, 3.63) is 45.7 Å². The number of hydrogen-bond donors (Lipinski definition) is 0. The maximum absolute atomic E-state index is 8.89. The highest BCUT2D eigenvalue weighted by Crippen LogP contribution is 2.24. The van der Waals surface area contributed by atoms with Crippen molar-refractivity contribution in [3.8, 4) is 11.8 Å². The van der Waals surface area contributed by atoms with Crippen LogP contribution in [0.5, 0.6) is 5.75 Å². The summed E-state index contributed by atoms with van der Waals surface area (Å²) in [6, 6.07) is 7.46. The molecule has 5 heteroatoms. The van der Waals surface area contributed by atoms with Gasteiger partial charge in [-0.2, -0.15) is 10.4 Å². The minimum atomic E-state index is 0.341. The third-order valence-electron chi connectivity index (χ3n) is 2.96. The summed E-state index contributed by atoms with van der Waals surface area (Å²) >= 11 is 6.15. The molecule has 2 rings (SSSR count). The van der Waals surface area contributed by atoms with Gasteiger partial charge in [0.05, 0.1) is 17.3 Å². The van der Waals surface area contributed by atoms with Crippen LogP contribution in [-0.2, 0) is 13.7 Å². The van der Waals surface area contributed by atoms with E-state index in [0.717, 1.165) is 16.8 Å². The number of nitrogens with zero attached hydrogens (tertiary/aromatic N) is 3. The Balaban J connectivity index is 2.21. The smallest absolute Gasteiger partial charge is 0.133 e. The average Bonchev–Trinajstić information content (AvgIpc) is 2.63. The zero-order valence-corrected chi connectivity index (χ0v) is 11.8. The van der Waals surface area contributed by atoms with E-state index in [4.69, 9.17) is 21.6 Å². The Morgan fingerprint density at radius 1 is 1.42 bits per heavy atom. The number of nitriles is 1. The lowest BCUT2D eigenvalue weighted by molar-refractivity contribution is 0.303. The van der Waals surface area contributed by atoms with Crippen LogP contribution in [0, 0.1) is 25.2 Å². The molecule has 0 atom stereocenters. The van der Waals surface area contributed by atoms with Crippen LogP contribution in [0.25, 0.3) is 0 Å². The first-order chi connectivity index (χ1) is 9.02. The highest BCUT2D eigenvalue weighted by Gasteiger charge is 2.12. The molecule has 0 aliphatic carbocycles. The Bertz CT molecular complexity index is 655. The fourth-order valence-electron chi connectivity index (χ4n) is 1.81. The van der Waals surface area contributed by atoms with E-state index in [1.165, 1.54) is 0 Å². The summed E-state index contributed by atoms with van der Waals surface area (Å²) in [5, 5.41) is 13.7. The summed E-state index contributed by atoms with van der Waals surface area (Å²) in [4.78, 5) is 0. The molecule has 0 radical (unpaired) electrons. The molecule has 0 unspecified atom stereocenters. The zero-order chi connectivity index (χ0) is 14.0. The van der Waals surface area contributed by atoms with Crippen LogP contribution in [0.15, 0.2) is 18.2 Å². The molecule has 1 aromatic carbocycles. The van der Waals surface area contributed by atoms with Crippen molar-refractivity contribution < 1.29 is 4.74 Å². The van der Waals surface area contributed by atoms with Gasteiger partial charge in [0, 0.05) is 12.6 Å². The lowest BCUT2D eigenvalue weighted by atomic mass is 10.1. The minimum absolute atomic E-state index is 0.341. The molecule has 19 heavy (non-hydrogen) atoms. The molecule has 1 heterocycles. The number of aromatic nitrogens is 2. The molecule has 2 aromatic rings. The van der Waals surface area contributed by atoms with Crippen molar-refractivity contribution >= 4 is 11.6 Å². The van der Waals surface area contributed by atoms with Gasteiger partial charge in [0.15, 0.2) is 0 Å². The lowest BCUT2D eigenvalue weighted by Crippen LogP contribution is -1.99. The molecule has 0 N–H and O–H groups in total. The summed E-state index contributed by atoms with van der Waals surface area (Å²) in [6.07, 6.45) is 0. The van der Waals surface area contributed by atoms with E-state index >= 15 is 0 Å². The van der Waals surface area contributed by atoms with E-state index in [9.17, 15) is 0 Å². The van der Waals surface area contributed by atoms with E-state index < -0.39 is 0 Å². The van der Waals surface area contributed by atoms with Gasteiger partial charge in [-0.25, -0.2) is 0 Å². The van der Waals surface area contributed by atoms with Gasteiger partial charge in [-0.1, -0.05) is 17.7 Å². The quantitative estimate of drug-likeness (QED) is 0.865. The molecule has 0 saturated heterocycles. The Hall–Kier alpha value is -1.99. The average molecular weight is 276 g/mol. The van der Waals surface area contributed by atoms with E-state index in [1.54, 1.807) is 23.9 Å². The number of halogens is 1. The molecule has 0 aliphatic heterocycles. The van der Waals surface area contributed by atoms with Gasteiger partial charge in [-0.15, -0.1) is 0 Å². The van der Waals surface area contributed by atoms with Gasteiger partial charge in [0.2, 0.25) is 0 Å². The fraction of sp³-hybridized carbons (Fsp3) is 0.286. The van der Waals surface area contributed by atoms with Crippen LogP contribution in [0.3, 0.4) is 0 Å². The zero-order valence-electron chi connectivity index (χ0n) is 11.1. The van der Waals surface area contributed by atoms with E-state index in [0.29, 0.717) is 23.1 Å². The first kappa shape index (κ1) is 13.4. The molecule has 0 fully saturated rings. The highest BCUT2D eigenvalue weighted by molar-refractivity contribution is 6.30. The van der Waals surface area contributed by atoms with Crippen molar-refractivity contribution in [3.63, 3.8) is 0 Å². The van der Waals surface area contributed by atoms with Gasteiger partial charge in [-0.3, -0.25) is 4.68 Å². The summed E-state index contributed by atoms with van der Waals surface area (Å²) in [5.41, 5.74) is 3.28. The Morgan fingerprint density at radius 3 is 2.74 bits per heavy atom. The molecule has 1 aromatic heterocycles. The normalized spacial score (nSPS) is 10.3. The number of hydrogen-bond acceptors (Lipinski definition) is 3. The number of ether oxygens (including phenoxy) is 1. The third kappa shape index (κ3) is 2.72. The minimum Gasteiger partial charge on any atom is -0.488 e. The number of rotatable bonds is 3. The Kier molecular flexibility index (Phi) is 3.77. The summed E-state index contributed by atoms with van der Waals surface area (Å²) < 4.78 is 7.37.